The zero-order chi connectivity index (χ0) is 14.7. The highest BCUT2D eigenvalue weighted by molar-refractivity contribution is 6.33. The van der Waals surface area contributed by atoms with Crippen LogP contribution in [0.2, 0.25) is 5.02 Å². The average molecular weight is 295 g/mol. The predicted octanol–water partition coefficient (Wildman–Crippen LogP) is 3.31. The molecule has 0 unspecified atom stereocenters. The van der Waals surface area contributed by atoms with Crippen molar-refractivity contribution in [3.63, 3.8) is 0 Å². The summed E-state index contributed by atoms with van der Waals surface area (Å²) in [5.74, 6) is -0.590. The number of carboxylic acid groups (broad SMARTS) is 1. The normalized spacial score (nSPS) is 10.3. The lowest BCUT2D eigenvalue weighted by molar-refractivity contribution is 0.0660. The van der Waals surface area contributed by atoms with Gasteiger partial charge < -0.3 is 19.7 Å². The summed E-state index contributed by atoms with van der Waals surface area (Å²) in [6, 6.07) is 8.70. The van der Waals surface area contributed by atoms with Crippen LogP contribution in [0.15, 0.2) is 34.7 Å². The second kappa shape index (κ2) is 5.88. The molecule has 2 N–H and O–H groups in total. The van der Waals surface area contributed by atoms with E-state index < -0.39 is 5.97 Å². The summed E-state index contributed by atoms with van der Waals surface area (Å²) in [5.41, 5.74) is 1.78. The van der Waals surface area contributed by atoms with Crippen molar-refractivity contribution in [1.29, 1.82) is 0 Å². The summed E-state index contributed by atoms with van der Waals surface area (Å²) >= 11 is 6.17. The minimum absolute atomic E-state index is 0.0669. The molecule has 1 heterocycles. The van der Waals surface area contributed by atoms with Crippen molar-refractivity contribution in [2.45, 2.75) is 6.54 Å². The molecule has 0 aliphatic carbocycles. The summed E-state index contributed by atoms with van der Waals surface area (Å²) in [6.45, 7) is 0.394. The van der Waals surface area contributed by atoms with Crippen LogP contribution in [0.5, 0.6) is 0 Å². The Morgan fingerprint density at radius 1 is 1.35 bits per heavy atom. The van der Waals surface area contributed by atoms with Gasteiger partial charge in [0.15, 0.2) is 0 Å². The number of hydrogen-bond donors (Lipinski definition) is 2. The molecule has 0 aliphatic heterocycles. The molecule has 1 aromatic heterocycles. The van der Waals surface area contributed by atoms with E-state index in [1.165, 1.54) is 6.07 Å². The first-order valence-electron chi connectivity index (χ1n) is 6.00. The van der Waals surface area contributed by atoms with Gasteiger partial charge in [-0.2, -0.15) is 0 Å². The lowest BCUT2D eigenvalue weighted by Gasteiger charge is -2.15. The molecule has 0 bridgehead atoms. The smallest absolute Gasteiger partial charge is 0.371 e. The van der Waals surface area contributed by atoms with Crippen molar-refractivity contribution >= 4 is 28.9 Å². The highest BCUT2D eigenvalue weighted by Crippen LogP contribution is 2.27. The molecule has 0 atom stereocenters. The fourth-order valence-electron chi connectivity index (χ4n) is 1.76. The lowest BCUT2D eigenvalue weighted by Crippen LogP contribution is -2.09. The van der Waals surface area contributed by atoms with E-state index in [0.29, 0.717) is 17.3 Å². The molecule has 2 rings (SSSR count). The van der Waals surface area contributed by atoms with Crippen LogP contribution in [0.1, 0.15) is 16.3 Å². The molecule has 0 radical (unpaired) electrons. The van der Waals surface area contributed by atoms with Crippen LogP contribution in [0.25, 0.3) is 0 Å². The van der Waals surface area contributed by atoms with Crippen molar-refractivity contribution in [3.05, 3.63) is 46.9 Å². The van der Waals surface area contributed by atoms with Gasteiger partial charge in [-0.05, 0) is 30.3 Å². The number of aromatic carboxylic acids is 1. The summed E-state index contributed by atoms with van der Waals surface area (Å²) in [6.07, 6.45) is 0. The highest BCUT2D eigenvalue weighted by atomic mass is 35.5. The number of carbonyl (C=O) groups is 1. The summed E-state index contributed by atoms with van der Waals surface area (Å²) in [7, 11) is 3.84. The van der Waals surface area contributed by atoms with Gasteiger partial charge in [-0.15, -0.1) is 0 Å². The van der Waals surface area contributed by atoms with Crippen LogP contribution >= 0.6 is 11.6 Å². The van der Waals surface area contributed by atoms with Crippen molar-refractivity contribution in [2.75, 3.05) is 24.3 Å². The van der Waals surface area contributed by atoms with E-state index in [0.717, 1.165) is 11.4 Å². The zero-order valence-electron chi connectivity index (χ0n) is 11.2. The third-order valence-electron chi connectivity index (χ3n) is 2.77. The molecule has 0 fully saturated rings. The number of nitrogens with one attached hydrogen (secondary N) is 1. The van der Waals surface area contributed by atoms with Crippen molar-refractivity contribution in [3.8, 4) is 0 Å². The summed E-state index contributed by atoms with van der Waals surface area (Å²) in [5, 5.41) is 12.5. The Morgan fingerprint density at radius 2 is 2.10 bits per heavy atom. The topological polar surface area (TPSA) is 65.7 Å². The first-order chi connectivity index (χ1) is 9.47. The van der Waals surface area contributed by atoms with E-state index in [2.05, 4.69) is 5.32 Å². The molecular formula is C14H15ClN2O3. The number of carboxylic acids is 1. The zero-order valence-corrected chi connectivity index (χ0v) is 11.9. The van der Waals surface area contributed by atoms with Gasteiger partial charge in [0.25, 0.3) is 0 Å². The maximum absolute atomic E-state index is 10.7. The summed E-state index contributed by atoms with van der Waals surface area (Å²) in [4.78, 5) is 12.6. The maximum Gasteiger partial charge on any atom is 0.371 e. The first kappa shape index (κ1) is 14.3. The van der Waals surface area contributed by atoms with Gasteiger partial charge in [-0.1, -0.05) is 11.6 Å². The largest absolute Gasteiger partial charge is 0.475 e. The van der Waals surface area contributed by atoms with Gasteiger partial charge in [0.05, 0.1) is 17.3 Å². The molecule has 106 valence electrons. The fourth-order valence-corrected chi connectivity index (χ4v) is 2.11. The van der Waals surface area contributed by atoms with E-state index in [1.807, 2.05) is 37.2 Å². The van der Waals surface area contributed by atoms with Crippen LogP contribution in [0.4, 0.5) is 11.4 Å². The van der Waals surface area contributed by atoms with Crippen molar-refractivity contribution < 1.29 is 14.3 Å². The fraction of sp³-hybridized carbons (Fsp3) is 0.214. The molecular weight excluding hydrogens is 280 g/mol. The Balaban J connectivity index is 2.03. The van der Waals surface area contributed by atoms with Gasteiger partial charge in [0.2, 0.25) is 5.76 Å². The molecule has 0 aliphatic rings. The SMILES string of the molecule is CN(C)c1ccc(NCc2ccc(C(=O)O)o2)cc1Cl. The second-order valence-electron chi connectivity index (χ2n) is 4.49. The molecule has 0 amide bonds. The Bertz CT molecular complexity index is 623. The van der Waals surface area contributed by atoms with Crippen LogP contribution in [-0.4, -0.2) is 25.2 Å². The first-order valence-corrected chi connectivity index (χ1v) is 6.38. The van der Waals surface area contributed by atoms with E-state index in [-0.39, 0.29) is 5.76 Å². The number of benzene rings is 1. The monoisotopic (exact) mass is 294 g/mol. The number of rotatable bonds is 5. The Kier molecular flexibility index (Phi) is 4.20. The van der Waals surface area contributed by atoms with Gasteiger partial charge in [-0.25, -0.2) is 4.79 Å². The Labute approximate surface area is 121 Å². The number of halogens is 1. The summed E-state index contributed by atoms with van der Waals surface area (Å²) < 4.78 is 5.16. The number of nitrogens with zero attached hydrogens (tertiary/aromatic N) is 1. The second-order valence-corrected chi connectivity index (χ2v) is 4.89. The maximum atomic E-state index is 10.7. The molecule has 6 heteroatoms. The third kappa shape index (κ3) is 3.24. The molecule has 20 heavy (non-hydrogen) atoms. The van der Waals surface area contributed by atoms with Gasteiger partial charge in [0, 0.05) is 19.8 Å². The minimum atomic E-state index is -1.07. The Hall–Kier alpha value is -2.14. The van der Waals surface area contributed by atoms with Crippen LogP contribution < -0.4 is 10.2 Å². The van der Waals surface area contributed by atoms with Crippen molar-refractivity contribution in [1.82, 2.24) is 0 Å². The third-order valence-corrected chi connectivity index (χ3v) is 3.07. The predicted molar refractivity (Wildman–Crippen MR) is 78.8 cm³/mol. The van der Waals surface area contributed by atoms with Gasteiger partial charge in [-0.3, -0.25) is 0 Å². The molecule has 0 spiro atoms. The lowest BCUT2D eigenvalue weighted by atomic mass is 10.2. The quantitative estimate of drug-likeness (QED) is 0.885. The van der Waals surface area contributed by atoms with Gasteiger partial charge in [0.1, 0.15) is 5.76 Å². The standard InChI is InChI=1S/C14H15ClN2O3/c1-17(2)12-5-3-9(7-11(12)15)16-8-10-4-6-13(20-10)14(18)19/h3-7,16H,8H2,1-2H3,(H,18,19). The number of anilines is 2. The molecule has 2 aromatic rings. The minimum Gasteiger partial charge on any atom is -0.475 e. The van der Waals surface area contributed by atoms with Crippen LogP contribution in [0.3, 0.4) is 0 Å². The molecule has 0 saturated carbocycles. The van der Waals surface area contributed by atoms with E-state index in [4.69, 9.17) is 21.1 Å². The van der Waals surface area contributed by atoms with Crippen LogP contribution in [-0.2, 0) is 6.54 Å². The van der Waals surface area contributed by atoms with Crippen LogP contribution in [0, 0.1) is 0 Å². The van der Waals surface area contributed by atoms with Crippen molar-refractivity contribution in [2.24, 2.45) is 0 Å². The van der Waals surface area contributed by atoms with E-state index in [1.54, 1.807) is 6.07 Å². The van der Waals surface area contributed by atoms with E-state index in [9.17, 15) is 4.79 Å². The molecule has 0 saturated heterocycles. The Morgan fingerprint density at radius 3 is 2.65 bits per heavy atom. The molecule has 5 nitrogen and oxygen atoms in total. The van der Waals surface area contributed by atoms with Gasteiger partial charge >= 0.3 is 5.97 Å². The molecule has 1 aromatic carbocycles. The number of furan rings is 1. The average Bonchev–Trinajstić information content (AvgIpc) is 2.85. The highest BCUT2D eigenvalue weighted by Gasteiger charge is 2.09. The van der Waals surface area contributed by atoms with E-state index >= 15 is 0 Å². The number of hydrogen-bond acceptors (Lipinski definition) is 4.